The highest BCUT2D eigenvalue weighted by Crippen LogP contribution is 2.38. The van der Waals surface area contributed by atoms with Gasteiger partial charge in [0.25, 0.3) is 0 Å². The van der Waals surface area contributed by atoms with Crippen molar-refractivity contribution in [1.29, 1.82) is 0 Å². The molecule has 0 bridgehead atoms. The first-order valence-electron chi connectivity index (χ1n) is 8.95. The van der Waals surface area contributed by atoms with Crippen LogP contribution in [-0.2, 0) is 4.65 Å². The smallest absolute Gasteiger partial charge is 0.333 e. The van der Waals surface area contributed by atoms with Crippen molar-refractivity contribution in [3.63, 3.8) is 0 Å². The molecule has 1 N–H and O–H groups in total. The first-order chi connectivity index (χ1) is 12.7. The van der Waals surface area contributed by atoms with Gasteiger partial charge in [-0.1, -0.05) is 48.0 Å². The second-order valence-corrected chi connectivity index (χ2v) is 9.36. The highest BCUT2D eigenvalue weighted by Gasteiger charge is 2.36. The van der Waals surface area contributed by atoms with E-state index in [1.54, 1.807) is 32.7 Å². The molecule has 1 aromatic heterocycles. The fourth-order valence-corrected chi connectivity index (χ4v) is 4.52. The number of benzene rings is 3. The van der Waals surface area contributed by atoms with E-state index in [2.05, 4.69) is 42.5 Å². The summed E-state index contributed by atoms with van der Waals surface area (Å²) in [6, 6.07) is 16.7. The van der Waals surface area contributed by atoms with Gasteiger partial charge >= 0.3 is 7.48 Å². The van der Waals surface area contributed by atoms with E-state index >= 15 is 0 Å². The molecular weight excluding hydrogens is 375 g/mol. The van der Waals surface area contributed by atoms with Crippen molar-refractivity contribution in [1.82, 2.24) is 0 Å². The lowest BCUT2D eigenvalue weighted by molar-refractivity contribution is -0.0893. The minimum atomic E-state index is -0.989. The topological polar surface area (TPSA) is 29.5 Å². The molecule has 2 nitrogen and oxygen atoms in total. The van der Waals surface area contributed by atoms with Crippen LogP contribution >= 0.6 is 22.9 Å². The molecule has 0 spiro atoms. The fourth-order valence-electron chi connectivity index (χ4n) is 3.06. The summed E-state index contributed by atoms with van der Waals surface area (Å²) in [4.78, 5) is 0. The number of rotatable bonds is 4. The third-order valence-electron chi connectivity index (χ3n) is 5.46. The van der Waals surface area contributed by atoms with Crippen LogP contribution in [0.3, 0.4) is 0 Å². The number of hydrogen-bond acceptors (Lipinski definition) is 3. The number of halogens is 1. The highest BCUT2D eigenvalue weighted by atomic mass is 35.5. The maximum Gasteiger partial charge on any atom is 0.333 e. The molecule has 0 atom stereocenters. The van der Waals surface area contributed by atoms with Crippen LogP contribution in [0.25, 0.3) is 30.9 Å². The summed E-state index contributed by atoms with van der Waals surface area (Å²) in [6.07, 6.45) is 0. The molecule has 1 radical (unpaired) electrons. The van der Waals surface area contributed by atoms with Crippen molar-refractivity contribution in [2.24, 2.45) is 0 Å². The van der Waals surface area contributed by atoms with Gasteiger partial charge < -0.3 is 9.76 Å². The molecule has 3 aromatic carbocycles. The van der Waals surface area contributed by atoms with Crippen molar-refractivity contribution in [2.45, 2.75) is 38.9 Å². The maximum atomic E-state index is 10.4. The molecule has 0 saturated carbocycles. The molecule has 0 amide bonds. The van der Waals surface area contributed by atoms with Gasteiger partial charge in [0.2, 0.25) is 0 Å². The average molecular weight is 396 g/mol. The van der Waals surface area contributed by atoms with Gasteiger partial charge in [-0.25, -0.2) is 0 Å². The van der Waals surface area contributed by atoms with E-state index in [0.29, 0.717) is 5.02 Å². The molecule has 0 fully saturated rings. The molecule has 0 aliphatic heterocycles. The van der Waals surface area contributed by atoms with Gasteiger partial charge in [0.05, 0.1) is 11.2 Å². The van der Waals surface area contributed by atoms with Gasteiger partial charge in [-0.2, -0.15) is 0 Å². The molecular formula is C22H21BClO2S. The average Bonchev–Trinajstić information content (AvgIpc) is 2.99. The van der Waals surface area contributed by atoms with Crippen LogP contribution < -0.4 is 5.46 Å². The zero-order chi connectivity index (χ0) is 19.4. The van der Waals surface area contributed by atoms with Crippen molar-refractivity contribution in [2.75, 3.05) is 0 Å². The highest BCUT2D eigenvalue weighted by molar-refractivity contribution is 7.27. The summed E-state index contributed by atoms with van der Waals surface area (Å²) >= 11 is 8.32. The van der Waals surface area contributed by atoms with Gasteiger partial charge in [-0.05, 0) is 61.4 Å². The Hall–Kier alpha value is -1.59. The van der Waals surface area contributed by atoms with Gasteiger partial charge in [0, 0.05) is 19.8 Å². The molecule has 0 aliphatic rings. The first kappa shape index (κ1) is 18.8. The molecule has 0 aliphatic carbocycles. The number of aliphatic hydroxyl groups is 1. The Morgan fingerprint density at radius 2 is 1.70 bits per heavy atom. The van der Waals surface area contributed by atoms with Crippen molar-refractivity contribution < 1.29 is 9.76 Å². The fraction of sp³-hybridized carbons (Fsp3) is 0.273. The number of hydrogen-bond donors (Lipinski definition) is 1. The van der Waals surface area contributed by atoms with E-state index in [4.69, 9.17) is 16.3 Å². The zero-order valence-corrected chi connectivity index (χ0v) is 17.4. The largest absolute Gasteiger partial charge is 0.427 e. The van der Waals surface area contributed by atoms with Gasteiger partial charge in [0.1, 0.15) is 0 Å². The first-order valence-corrected chi connectivity index (χ1v) is 10.1. The summed E-state index contributed by atoms with van der Waals surface area (Å²) in [5, 5.41) is 15.8. The third-order valence-corrected chi connectivity index (χ3v) is 6.99. The molecule has 4 aromatic rings. The standard InChI is InChI=1S/C22H21BClO2S/c1-21(2,25)22(3,4)26-23-19-16(24)11-12-17-18(19)15-10-9-13-7-5-6-8-14(13)20(15)27-17/h5-12,25H,1-4H3. The summed E-state index contributed by atoms with van der Waals surface area (Å²) in [6.45, 7) is 7.23. The Bertz CT molecular complexity index is 1160. The normalized spacial score (nSPS) is 13.0. The van der Waals surface area contributed by atoms with Crippen LogP contribution in [0.2, 0.25) is 5.02 Å². The lowest BCUT2D eigenvalue weighted by Crippen LogP contribution is -2.49. The molecule has 5 heteroatoms. The van der Waals surface area contributed by atoms with Gasteiger partial charge in [0.15, 0.2) is 0 Å². The van der Waals surface area contributed by atoms with E-state index in [1.807, 2.05) is 19.9 Å². The Kier molecular flexibility index (Phi) is 4.51. The summed E-state index contributed by atoms with van der Waals surface area (Å²) in [7, 11) is 1.70. The SMILES string of the molecule is CC(C)(O)C(C)(C)O[B]c1c(Cl)ccc2sc3c4ccccc4ccc3c12. The quantitative estimate of drug-likeness (QED) is 0.451. The second kappa shape index (κ2) is 6.49. The summed E-state index contributed by atoms with van der Waals surface area (Å²) in [5.74, 6) is 0. The molecule has 0 unspecified atom stereocenters. The van der Waals surface area contributed by atoms with E-state index in [-0.39, 0.29) is 0 Å². The Balaban J connectivity index is 1.90. The van der Waals surface area contributed by atoms with E-state index < -0.39 is 11.2 Å². The van der Waals surface area contributed by atoms with E-state index in [9.17, 15) is 5.11 Å². The van der Waals surface area contributed by atoms with Gasteiger partial charge in [-0.3, -0.25) is 0 Å². The van der Waals surface area contributed by atoms with Crippen molar-refractivity contribution in [3.8, 4) is 0 Å². The van der Waals surface area contributed by atoms with Crippen molar-refractivity contribution in [3.05, 3.63) is 53.6 Å². The predicted octanol–water partition coefficient (Wildman–Crippen LogP) is 5.67. The monoisotopic (exact) mass is 395 g/mol. The summed E-state index contributed by atoms with van der Waals surface area (Å²) < 4.78 is 8.44. The molecule has 137 valence electrons. The Morgan fingerprint density at radius 1 is 0.963 bits per heavy atom. The van der Waals surface area contributed by atoms with Crippen LogP contribution in [0.5, 0.6) is 0 Å². The van der Waals surface area contributed by atoms with Crippen LogP contribution in [0, 0.1) is 0 Å². The maximum absolute atomic E-state index is 10.4. The Morgan fingerprint density at radius 3 is 2.44 bits per heavy atom. The van der Waals surface area contributed by atoms with E-state index in [0.717, 1.165) is 10.8 Å². The van der Waals surface area contributed by atoms with Crippen LogP contribution in [-0.4, -0.2) is 23.8 Å². The molecule has 1 heterocycles. The predicted molar refractivity (Wildman–Crippen MR) is 119 cm³/mol. The lowest BCUT2D eigenvalue weighted by atomic mass is 9.80. The zero-order valence-electron chi connectivity index (χ0n) is 15.8. The number of thiophene rings is 1. The van der Waals surface area contributed by atoms with Crippen LogP contribution in [0.1, 0.15) is 27.7 Å². The third kappa shape index (κ3) is 3.15. The van der Waals surface area contributed by atoms with E-state index in [1.165, 1.54) is 25.6 Å². The lowest BCUT2D eigenvalue weighted by Gasteiger charge is -2.37. The van der Waals surface area contributed by atoms with Crippen LogP contribution in [0.15, 0.2) is 48.5 Å². The Labute approximate surface area is 169 Å². The molecule has 27 heavy (non-hydrogen) atoms. The van der Waals surface area contributed by atoms with Gasteiger partial charge in [-0.15, -0.1) is 11.3 Å². The summed E-state index contributed by atoms with van der Waals surface area (Å²) in [5.41, 5.74) is -0.888. The second-order valence-electron chi connectivity index (χ2n) is 7.90. The minimum Gasteiger partial charge on any atom is -0.427 e. The van der Waals surface area contributed by atoms with Crippen molar-refractivity contribution >= 4 is 66.8 Å². The molecule has 0 saturated heterocycles. The van der Waals surface area contributed by atoms with Crippen LogP contribution in [0.4, 0.5) is 0 Å². The molecule has 4 rings (SSSR count). The number of fused-ring (bicyclic) bond motifs is 5. The minimum absolute atomic E-state index is 0.641.